The maximum absolute atomic E-state index is 13.8. The van der Waals surface area contributed by atoms with Crippen LogP contribution < -0.4 is 11.5 Å². The first-order chi connectivity index (χ1) is 26.9. The molecule has 0 radical (unpaired) electrons. The second-order valence-electron chi connectivity index (χ2n) is 18.9. The average molecular weight is 794 g/mol. The summed E-state index contributed by atoms with van der Waals surface area (Å²) in [5.41, 5.74) is 12.0. The van der Waals surface area contributed by atoms with E-state index in [9.17, 15) is 4.79 Å². The summed E-state index contributed by atoms with van der Waals surface area (Å²) in [6.45, 7) is 29.3. The zero-order chi connectivity index (χ0) is 41.8. The van der Waals surface area contributed by atoms with Gasteiger partial charge < -0.3 is 30.6 Å². The number of nitrogens with zero attached hydrogens (tertiary/aromatic N) is 1. The minimum absolute atomic E-state index is 0.0417. The number of carbonyl (C=O) groups is 1. The van der Waals surface area contributed by atoms with E-state index in [1.165, 1.54) is 57.8 Å². The van der Waals surface area contributed by atoms with Crippen molar-refractivity contribution in [3.63, 3.8) is 0 Å². The van der Waals surface area contributed by atoms with Gasteiger partial charge in [-0.15, -0.1) is 0 Å². The molecule has 1 amide bonds. The minimum Gasteiger partial charge on any atom is -0.379 e. The highest BCUT2D eigenvalue weighted by Crippen LogP contribution is 2.56. The molecule has 7 heteroatoms. The van der Waals surface area contributed by atoms with Gasteiger partial charge in [0.05, 0.1) is 18.3 Å². The Kier molecular flexibility index (Phi) is 29.7. The van der Waals surface area contributed by atoms with Crippen LogP contribution in [0, 0.1) is 34.5 Å². The van der Waals surface area contributed by atoms with Gasteiger partial charge in [-0.3, -0.25) is 4.79 Å². The van der Waals surface area contributed by atoms with Crippen molar-refractivity contribution in [3.8, 4) is 0 Å². The van der Waals surface area contributed by atoms with Gasteiger partial charge in [-0.2, -0.15) is 0 Å². The van der Waals surface area contributed by atoms with Crippen LogP contribution in [0.1, 0.15) is 210 Å². The number of nitrogens with two attached hydrogens (primary N) is 2. The first kappa shape index (κ1) is 53.3. The lowest BCUT2D eigenvalue weighted by Gasteiger charge is -2.48. The molecule has 9 atom stereocenters. The van der Waals surface area contributed by atoms with Gasteiger partial charge in [-0.05, 0) is 144 Å². The molecule has 56 heavy (non-hydrogen) atoms. The Morgan fingerprint density at radius 1 is 0.750 bits per heavy atom. The van der Waals surface area contributed by atoms with E-state index in [0.29, 0.717) is 55.7 Å². The summed E-state index contributed by atoms with van der Waals surface area (Å²) in [4.78, 5) is 16.1. The number of unbranched alkanes of at least 4 members (excludes halogenated alkanes) is 7. The summed E-state index contributed by atoms with van der Waals surface area (Å²) >= 11 is 0. The normalized spacial score (nSPS) is 22.4. The summed E-state index contributed by atoms with van der Waals surface area (Å²) in [5.74, 6) is 2.40. The van der Waals surface area contributed by atoms with E-state index in [1.54, 1.807) is 0 Å². The molecule has 0 aromatic rings. The van der Waals surface area contributed by atoms with Crippen molar-refractivity contribution >= 4 is 5.91 Å². The highest BCUT2D eigenvalue weighted by molar-refractivity contribution is 5.76. The molecule has 0 aromatic heterocycles. The van der Waals surface area contributed by atoms with Gasteiger partial charge in [0.25, 0.3) is 0 Å². The molecule has 0 heterocycles. The topological polar surface area (TPSA) is 100 Å². The molecule has 1 aliphatic carbocycles. The second-order valence-corrected chi connectivity index (χ2v) is 18.9. The fraction of sp³-hybridized carbons (Fsp3) is 0.980. The van der Waals surface area contributed by atoms with E-state index in [1.807, 2.05) is 0 Å². The molecule has 0 aliphatic heterocycles. The van der Waals surface area contributed by atoms with E-state index < -0.39 is 0 Å². The van der Waals surface area contributed by atoms with Gasteiger partial charge in [0.15, 0.2) is 0 Å². The average Bonchev–Trinajstić information content (AvgIpc) is 3.50. The van der Waals surface area contributed by atoms with Crippen molar-refractivity contribution in [1.82, 2.24) is 4.90 Å². The Morgan fingerprint density at radius 2 is 1.32 bits per heavy atom. The number of carbonyl (C=O) groups excluding carboxylic acids is 1. The molecular formula is C49H99N3O4. The maximum Gasteiger partial charge on any atom is 0.222 e. The van der Waals surface area contributed by atoms with Gasteiger partial charge >= 0.3 is 0 Å². The van der Waals surface area contributed by atoms with E-state index in [4.69, 9.17) is 25.7 Å². The minimum atomic E-state index is 0.0417. The molecular weight excluding hydrogens is 695 g/mol. The fourth-order valence-corrected chi connectivity index (χ4v) is 9.71. The number of hydrogen-bond acceptors (Lipinski definition) is 6. The van der Waals surface area contributed by atoms with Gasteiger partial charge in [0.2, 0.25) is 5.91 Å². The first-order valence-electron chi connectivity index (χ1n) is 24.4. The lowest BCUT2D eigenvalue weighted by Crippen LogP contribution is -2.46. The van der Waals surface area contributed by atoms with Crippen LogP contribution in [0.15, 0.2) is 0 Å². The molecule has 0 spiro atoms. The molecule has 7 nitrogen and oxygen atoms in total. The van der Waals surface area contributed by atoms with Crippen LogP contribution in [-0.4, -0.2) is 75.1 Å². The van der Waals surface area contributed by atoms with Crippen molar-refractivity contribution in [2.75, 3.05) is 46.0 Å². The predicted octanol–water partition coefficient (Wildman–Crippen LogP) is 12.1. The van der Waals surface area contributed by atoms with Crippen molar-refractivity contribution in [2.24, 2.45) is 46.0 Å². The lowest BCUT2D eigenvalue weighted by atomic mass is 9.61. The molecule has 334 valence electrons. The summed E-state index contributed by atoms with van der Waals surface area (Å²) in [5, 5.41) is 0. The van der Waals surface area contributed by atoms with Crippen LogP contribution in [0.25, 0.3) is 0 Å². The Labute approximate surface area is 349 Å². The quantitative estimate of drug-likeness (QED) is 0.0608. The first-order valence-corrected chi connectivity index (χ1v) is 24.4. The van der Waals surface area contributed by atoms with Crippen LogP contribution in [0.3, 0.4) is 0 Å². The molecule has 4 N–H and O–H groups in total. The summed E-state index contributed by atoms with van der Waals surface area (Å²) in [6.07, 6.45) is 25.0. The predicted molar refractivity (Wildman–Crippen MR) is 241 cm³/mol. The largest absolute Gasteiger partial charge is 0.379 e. The van der Waals surface area contributed by atoms with Crippen LogP contribution in [0.2, 0.25) is 0 Å². The molecule has 1 rings (SSSR count). The Bertz CT molecular complexity index is 940. The molecule has 1 saturated carbocycles. The highest BCUT2D eigenvalue weighted by atomic mass is 16.5. The third-order valence-electron chi connectivity index (χ3n) is 14.5. The van der Waals surface area contributed by atoms with E-state index in [2.05, 4.69) is 74.1 Å². The monoisotopic (exact) mass is 794 g/mol. The number of ether oxygens (including phenoxy) is 3. The van der Waals surface area contributed by atoms with E-state index >= 15 is 0 Å². The van der Waals surface area contributed by atoms with Crippen molar-refractivity contribution in [2.45, 2.75) is 229 Å². The van der Waals surface area contributed by atoms with Crippen LogP contribution in [0.4, 0.5) is 0 Å². The smallest absolute Gasteiger partial charge is 0.222 e. The van der Waals surface area contributed by atoms with Crippen LogP contribution >= 0.6 is 0 Å². The third kappa shape index (κ3) is 19.6. The molecule has 1 fully saturated rings. The van der Waals surface area contributed by atoms with Crippen molar-refractivity contribution in [1.29, 1.82) is 0 Å². The maximum atomic E-state index is 13.8. The molecule has 0 bridgehead atoms. The third-order valence-corrected chi connectivity index (χ3v) is 14.5. The van der Waals surface area contributed by atoms with Gasteiger partial charge in [-0.1, -0.05) is 107 Å². The van der Waals surface area contributed by atoms with Crippen molar-refractivity contribution < 1.29 is 19.0 Å². The zero-order valence-corrected chi connectivity index (χ0v) is 39.3. The van der Waals surface area contributed by atoms with Gasteiger partial charge in [-0.25, -0.2) is 0 Å². The Morgan fingerprint density at radius 3 is 1.89 bits per heavy atom. The lowest BCUT2D eigenvalue weighted by molar-refractivity contribution is -0.132. The number of amides is 1. The number of hydrogen-bond donors (Lipinski definition) is 2. The highest BCUT2D eigenvalue weighted by Gasteiger charge is 2.52. The molecule has 0 aromatic carbocycles. The number of rotatable bonds is 37. The molecule has 1 aliphatic rings. The molecule has 0 saturated heterocycles. The summed E-state index contributed by atoms with van der Waals surface area (Å²) in [6, 6.07) is 0. The standard InChI is InChI=1S/C49H99N3O4/c1-11-15-18-20-34-52(35-21-19-16-12-2)47(53)27-24-40(5)45-26-25-41(6)49(45,10)46(56-38-23-33-51)39-42(7)48(9,30-28-43(8)54-36-17-13-3)31-29-44(14-4)55-37-22-32-50/h40-46H,11-39,50-51H2,1-10H3/t40-,41-,42-,43+,44+,45-,46+,48-,49+/m1/s1. The second kappa shape index (κ2) is 31.2. The SMILES string of the molecule is CCCCCCN(CCCCCC)C(=O)CC[C@@H](C)[C@H]1CC[C@@H](C)[C@]1(C)[C@H](C[C@@H](C)[C@@](C)(CC[C@H](CC)OCCCN)CC[C@H](C)OCCCC)OCCCN. The van der Waals surface area contributed by atoms with E-state index in [-0.39, 0.29) is 29.1 Å². The Hall–Kier alpha value is -0.730. The molecule has 0 unspecified atom stereocenters. The summed E-state index contributed by atoms with van der Waals surface area (Å²) in [7, 11) is 0. The van der Waals surface area contributed by atoms with E-state index in [0.717, 1.165) is 103 Å². The van der Waals surface area contributed by atoms with Crippen LogP contribution in [0.5, 0.6) is 0 Å². The van der Waals surface area contributed by atoms with Gasteiger partial charge in [0.1, 0.15) is 0 Å². The van der Waals surface area contributed by atoms with Gasteiger partial charge in [0, 0.05) is 39.3 Å². The zero-order valence-electron chi connectivity index (χ0n) is 39.3. The summed E-state index contributed by atoms with van der Waals surface area (Å²) < 4.78 is 19.7. The van der Waals surface area contributed by atoms with Crippen molar-refractivity contribution in [3.05, 3.63) is 0 Å². The Balaban J connectivity index is 3.27. The van der Waals surface area contributed by atoms with Crippen LogP contribution in [-0.2, 0) is 19.0 Å². The fourth-order valence-electron chi connectivity index (χ4n) is 9.71.